The molecule has 4 nitrogen and oxygen atoms in total. The topological polar surface area (TPSA) is 56.7 Å². The van der Waals surface area contributed by atoms with Gasteiger partial charge in [-0.2, -0.15) is 0 Å². The number of hydrogen-bond acceptors (Lipinski definition) is 3. The molecule has 1 unspecified atom stereocenters. The van der Waals surface area contributed by atoms with Crippen LogP contribution >= 0.6 is 0 Å². The van der Waals surface area contributed by atoms with Crippen molar-refractivity contribution in [2.24, 2.45) is 5.73 Å². The SMILES string of the molecule is CCCn1c(CC(N)c2ccccn2)nc2ccccc21. The highest BCUT2D eigenvalue weighted by atomic mass is 15.1. The molecule has 0 fully saturated rings. The zero-order chi connectivity index (χ0) is 14.7. The van der Waals surface area contributed by atoms with Crippen LogP contribution in [-0.2, 0) is 13.0 Å². The van der Waals surface area contributed by atoms with Crippen molar-refractivity contribution in [2.45, 2.75) is 32.4 Å². The second kappa shape index (κ2) is 6.06. The van der Waals surface area contributed by atoms with Gasteiger partial charge in [-0.05, 0) is 30.7 Å². The van der Waals surface area contributed by atoms with Crippen molar-refractivity contribution in [3.63, 3.8) is 0 Å². The Morgan fingerprint density at radius 3 is 2.71 bits per heavy atom. The monoisotopic (exact) mass is 280 g/mol. The van der Waals surface area contributed by atoms with Crippen molar-refractivity contribution in [3.05, 3.63) is 60.2 Å². The fourth-order valence-corrected chi connectivity index (χ4v) is 2.65. The van der Waals surface area contributed by atoms with E-state index in [-0.39, 0.29) is 6.04 Å². The Hall–Kier alpha value is -2.20. The smallest absolute Gasteiger partial charge is 0.111 e. The van der Waals surface area contributed by atoms with Crippen LogP contribution in [-0.4, -0.2) is 14.5 Å². The third kappa shape index (κ3) is 2.81. The number of nitrogens with two attached hydrogens (primary N) is 1. The third-order valence-corrected chi connectivity index (χ3v) is 3.65. The first-order valence-corrected chi connectivity index (χ1v) is 7.40. The largest absolute Gasteiger partial charge is 0.328 e. The number of para-hydroxylation sites is 2. The average Bonchev–Trinajstić information content (AvgIpc) is 2.86. The lowest BCUT2D eigenvalue weighted by Gasteiger charge is -2.12. The zero-order valence-corrected chi connectivity index (χ0v) is 12.2. The van der Waals surface area contributed by atoms with Crippen LogP contribution in [0.3, 0.4) is 0 Å². The van der Waals surface area contributed by atoms with Gasteiger partial charge in [-0.25, -0.2) is 4.98 Å². The van der Waals surface area contributed by atoms with Gasteiger partial charge < -0.3 is 10.3 Å². The first-order valence-electron chi connectivity index (χ1n) is 7.40. The molecule has 0 aliphatic rings. The summed E-state index contributed by atoms with van der Waals surface area (Å²) in [5, 5.41) is 0. The van der Waals surface area contributed by atoms with E-state index in [0.29, 0.717) is 6.42 Å². The number of aromatic nitrogens is 3. The molecule has 0 amide bonds. The summed E-state index contributed by atoms with van der Waals surface area (Å²) in [6.07, 6.45) is 3.56. The van der Waals surface area contributed by atoms with Crippen LogP contribution in [0.1, 0.15) is 30.9 Å². The van der Waals surface area contributed by atoms with Gasteiger partial charge in [0.2, 0.25) is 0 Å². The minimum absolute atomic E-state index is 0.126. The Morgan fingerprint density at radius 2 is 1.95 bits per heavy atom. The molecule has 0 spiro atoms. The minimum atomic E-state index is -0.126. The van der Waals surface area contributed by atoms with Crippen molar-refractivity contribution in [2.75, 3.05) is 0 Å². The second-order valence-electron chi connectivity index (χ2n) is 5.23. The molecule has 1 aromatic carbocycles. The molecule has 2 aromatic heterocycles. The first-order chi connectivity index (χ1) is 10.3. The van der Waals surface area contributed by atoms with E-state index in [4.69, 9.17) is 10.7 Å². The van der Waals surface area contributed by atoms with Crippen molar-refractivity contribution in [1.29, 1.82) is 0 Å². The van der Waals surface area contributed by atoms with E-state index < -0.39 is 0 Å². The molecular formula is C17H20N4. The zero-order valence-electron chi connectivity index (χ0n) is 12.2. The van der Waals surface area contributed by atoms with Crippen LogP contribution in [0, 0.1) is 0 Å². The number of hydrogen-bond donors (Lipinski definition) is 1. The van der Waals surface area contributed by atoms with Crippen LogP contribution < -0.4 is 5.73 Å². The van der Waals surface area contributed by atoms with Gasteiger partial charge in [0.25, 0.3) is 0 Å². The fraction of sp³-hybridized carbons (Fsp3) is 0.294. The van der Waals surface area contributed by atoms with Gasteiger partial charge in [0.05, 0.1) is 22.8 Å². The summed E-state index contributed by atoms with van der Waals surface area (Å²) in [4.78, 5) is 9.09. The molecule has 4 heteroatoms. The number of fused-ring (bicyclic) bond motifs is 1. The van der Waals surface area contributed by atoms with Crippen LogP contribution in [0.25, 0.3) is 11.0 Å². The number of rotatable bonds is 5. The average molecular weight is 280 g/mol. The highest BCUT2D eigenvalue weighted by Gasteiger charge is 2.15. The van der Waals surface area contributed by atoms with Gasteiger partial charge in [0, 0.05) is 19.2 Å². The molecule has 0 saturated carbocycles. The van der Waals surface area contributed by atoms with Crippen LogP contribution in [0.2, 0.25) is 0 Å². The lowest BCUT2D eigenvalue weighted by molar-refractivity contribution is 0.602. The molecule has 3 aromatic rings. The van der Waals surface area contributed by atoms with E-state index in [0.717, 1.165) is 30.0 Å². The van der Waals surface area contributed by atoms with Gasteiger partial charge >= 0.3 is 0 Å². The molecule has 1 atom stereocenters. The Labute approximate surface area is 124 Å². The van der Waals surface area contributed by atoms with Crippen molar-refractivity contribution in [1.82, 2.24) is 14.5 Å². The Bertz CT molecular complexity index is 718. The number of aryl methyl sites for hydroxylation is 1. The molecular weight excluding hydrogens is 260 g/mol. The lowest BCUT2D eigenvalue weighted by atomic mass is 10.1. The number of benzene rings is 1. The Morgan fingerprint density at radius 1 is 1.14 bits per heavy atom. The van der Waals surface area contributed by atoms with Gasteiger partial charge in [-0.1, -0.05) is 25.1 Å². The highest BCUT2D eigenvalue weighted by molar-refractivity contribution is 5.75. The molecule has 0 aliphatic heterocycles. The van der Waals surface area contributed by atoms with Gasteiger partial charge in [-0.3, -0.25) is 4.98 Å². The van der Waals surface area contributed by atoms with Crippen LogP contribution in [0.5, 0.6) is 0 Å². The van der Waals surface area contributed by atoms with Gasteiger partial charge in [-0.15, -0.1) is 0 Å². The first kappa shape index (κ1) is 13.8. The van der Waals surface area contributed by atoms with Crippen molar-refractivity contribution >= 4 is 11.0 Å². The lowest BCUT2D eigenvalue weighted by Crippen LogP contribution is -2.17. The fourth-order valence-electron chi connectivity index (χ4n) is 2.65. The van der Waals surface area contributed by atoms with Crippen molar-refractivity contribution < 1.29 is 0 Å². The molecule has 21 heavy (non-hydrogen) atoms. The van der Waals surface area contributed by atoms with E-state index in [2.05, 4.69) is 34.7 Å². The van der Waals surface area contributed by atoms with Crippen LogP contribution in [0.15, 0.2) is 48.7 Å². The normalized spacial score (nSPS) is 12.7. The predicted octanol–water partition coefficient (Wildman–Crippen LogP) is 3.08. The summed E-state index contributed by atoms with van der Waals surface area (Å²) in [5.41, 5.74) is 9.43. The van der Waals surface area contributed by atoms with Crippen LogP contribution in [0.4, 0.5) is 0 Å². The number of imidazole rings is 1. The third-order valence-electron chi connectivity index (χ3n) is 3.65. The molecule has 0 radical (unpaired) electrons. The maximum atomic E-state index is 6.30. The summed E-state index contributed by atoms with van der Waals surface area (Å²) in [7, 11) is 0. The van der Waals surface area contributed by atoms with Gasteiger partial charge in [0.1, 0.15) is 5.82 Å². The molecule has 0 saturated heterocycles. The quantitative estimate of drug-likeness (QED) is 0.781. The molecule has 3 rings (SSSR count). The van der Waals surface area contributed by atoms with E-state index >= 15 is 0 Å². The molecule has 2 N–H and O–H groups in total. The summed E-state index contributed by atoms with van der Waals surface area (Å²) in [6.45, 7) is 3.14. The number of nitrogens with zero attached hydrogens (tertiary/aromatic N) is 3. The Kier molecular flexibility index (Phi) is 3.97. The summed E-state index contributed by atoms with van der Waals surface area (Å²) < 4.78 is 2.28. The number of pyridine rings is 1. The maximum absolute atomic E-state index is 6.30. The van der Waals surface area contributed by atoms with E-state index in [9.17, 15) is 0 Å². The predicted molar refractivity (Wildman–Crippen MR) is 84.9 cm³/mol. The second-order valence-corrected chi connectivity index (χ2v) is 5.23. The maximum Gasteiger partial charge on any atom is 0.111 e. The molecule has 108 valence electrons. The summed E-state index contributed by atoms with van der Waals surface area (Å²) in [5.74, 6) is 1.04. The Balaban J connectivity index is 1.94. The highest BCUT2D eigenvalue weighted by Crippen LogP contribution is 2.20. The van der Waals surface area contributed by atoms with Gasteiger partial charge in [0.15, 0.2) is 0 Å². The van der Waals surface area contributed by atoms with E-state index in [1.165, 1.54) is 5.52 Å². The molecule has 0 aliphatic carbocycles. The molecule has 0 bridgehead atoms. The van der Waals surface area contributed by atoms with E-state index in [1.54, 1.807) is 6.20 Å². The van der Waals surface area contributed by atoms with E-state index in [1.807, 2.05) is 24.3 Å². The standard InChI is InChI=1S/C17H20N4/c1-2-11-21-16-9-4-3-8-15(16)20-17(21)12-13(18)14-7-5-6-10-19-14/h3-10,13H,2,11-12,18H2,1H3. The van der Waals surface area contributed by atoms with Crippen molar-refractivity contribution in [3.8, 4) is 0 Å². The summed E-state index contributed by atoms with van der Waals surface area (Å²) in [6, 6.07) is 14.0. The molecule has 2 heterocycles. The minimum Gasteiger partial charge on any atom is -0.328 e. The summed E-state index contributed by atoms with van der Waals surface area (Å²) >= 11 is 0.